The molecule has 2 atom stereocenters. The van der Waals surface area contributed by atoms with Crippen LogP contribution in [0, 0.1) is 5.92 Å². The minimum absolute atomic E-state index is 0.479. The van der Waals surface area contributed by atoms with Gasteiger partial charge in [-0.3, -0.25) is 0 Å². The zero-order valence-electron chi connectivity index (χ0n) is 9.24. The molecule has 1 heterocycles. The molecular weight excluding hydrogens is 176 g/mol. The molecule has 0 aromatic rings. The van der Waals surface area contributed by atoms with E-state index in [1.807, 2.05) is 0 Å². The van der Waals surface area contributed by atoms with Gasteiger partial charge in [-0.1, -0.05) is 0 Å². The van der Waals surface area contributed by atoms with Gasteiger partial charge >= 0.3 is 0 Å². The quantitative estimate of drug-likeness (QED) is 0.661. The average molecular weight is 199 g/mol. The van der Waals surface area contributed by atoms with Crippen molar-refractivity contribution in [2.45, 2.75) is 25.3 Å². The summed E-state index contributed by atoms with van der Waals surface area (Å²) in [5, 5.41) is 0. The van der Waals surface area contributed by atoms with Gasteiger partial charge in [0.1, 0.15) is 13.1 Å². The lowest BCUT2D eigenvalue weighted by atomic mass is 10.1. The number of quaternary nitrogens is 1. The van der Waals surface area contributed by atoms with E-state index in [0.29, 0.717) is 6.04 Å². The Hall–Kier alpha value is -0.120. The summed E-state index contributed by atoms with van der Waals surface area (Å²) in [5.41, 5.74) is 5.94. The van der Waals surface area contributed by atoms with Crippen molar-refractivity contribution >= 4 is 0 Å². The number of likely N-dealkylation sites (N-methyl/N-ethyl adjacent to an activating group) is 1. The first-order chi connectivity index (χ1) is 6.68. The van der Waals surface area contributed by atoms with E-state index < -0.39 is 0 Å². The second kappa shape index (κ2) is 4.17. The van der Waals surface area contributed by atoms with Gasteiger partial charge in [-0.05, 0) is 19.3 Å². The molecule has 3 heteroatoms. The van der Waals surface area contributed by atoms with E-state index >= 15 is 0 Å². The molecule has 1 saturated carbocycles. The van der Waals surface area contributed by atoms with Crippen LogP contribution >= 0.6 is 0 Å². The van der Waals surface area contributed by atoms with Crippen LogP contribution in [0.5, 0.6) is 0 Å². The van der Waals surface area contributed by atoms with Crippen LogP contribution in [0.15, 0.2) is 0 Å². The van der Waals surface area contributed by atoms with Gasteiger partial charge in [-0.15, -0.1) is 0 Å². The second-order valence-electron chi connectivity index (χ2n) is 5.30. The van der Waals surface area contributed by atoms with E-state index in [0.717, 1.165) is 19.1 Å². The van der Waals surface area contributed by atoms with E-state index in [1.54, 1.807) is 0 Å². The predicted molar refractivity (Wildman–Crippen MR) is 56.9 cm³/mol. The molecule has 0 spiro atoms. The normalized spacial score (nSPS) is 37.3. The van der Waals surface area contributed by atoms with Crippen molar-refractivity contribution in [1.29, 1.82) is 0 Å². The van der Waals surface area contributed by atoms with Gasteiger partial charge in [0.25, 0.3) is 0 Å². The summed E-state index contributed by atoms with van der Waals surface area (Å²) in [7, 11) is 2.37. The Kier molecular flexibility index (Phi) is 3.10. The molecule has 0 amide bonds. The number of nitrogens with two attached hydrogens (primary N) is 1. The molecule has 2 N–H and O–H groups in total. The number of morpholine rings is 1. The molecule has 1 aliphatic carbocycles. The number of hydrogen-bond donors (Lipinski definition) is 1. The van der Waals surface area contributed by atoms with Gasteiger partial charge in [-0.25, -0.2) is 0 Å². The van der Waals surface area contributed by atoms with Crippen molar-refractivity contribution < 1.29 is 9.22 Å². The topological polar surface area (TPSA) is 35.2 Å². The van der Waals surface area contributed by atoms with Crippen molar-refractivity contribution in [2.75, 3.05) is 39.9 Å². The van der Waals surface area contributed by atoms with E-state index in [2.05, 4.69) is 7.05 Å². The number of hydrogen-bond acceptors (Lipinski definition) is 2. The molecular formula is C11H23N2O+. The van der Waals surface area contributed by atoms with Gasteiger partial charge in [-0.2, -0.15) is 0 Å². The van der Waals surface area contributed by atoms with E-state index in [1.165, 1.54) is 43.4 Å². The van der Waals surface area contributed by atoms with Gasteiger partial charge in [0.05, 0.1) is 26.8 Å². The maximum Gasteiger partial charge on any atom is 0.102 e. The van der Waals surface area contributed by atoms with E-state index in [-0.39, 0.29) is 0 Å². The average Bonchev–Trinajstić information content (AvgIpc) is 2.51. The highest BCUT2D eigenvalue weighted by Crippen LogP contribution is 2.27. The van der Waals surface area contributed by atoms with Crippen molar-refractivity contribution in [3.8, 4) is 0 Å². The smallest absolute Gasteiger partial charge is 0.102 e. The van der Waals surface area contributed by atoms with Gasteiger partial charge in [0.2, 0.25) is 0 Å². The Morgan fingerprint density at radius 3 is 2.57 bits per heavy atom. The molecule has 14 heavy (non-hydrogen) atoms. The molecule has 3 nitrogen and oxygen atoms in total. The molecule has 2 fully saturated rings. The highest BCUT2D eigenvalue weighted by molar-refractivity contribution is 4.77. The Morgan fingerprint density at radius 1 is 1.29 bits per heavy atom. The number of ether oxygens (including phenoxy) is 1. The summed E-state index contributed by atoms with van der Waals surface area (Å²) in [5.74, 6) is 0.869. The Morgan fingerprint density at radius 2 is 2.00 bits per heavy atom. The third kappa shape index (κ3) is 2.47. The Bertz CT molecular complexity index is 190. The van der Waals surface area contributed by atoms with Crippen LogP contribution in [-0.2, 0) is 4.74 Å². The molecule has 0 aromatic carbocycles. The van der Waals surface area contributed by atoms with Crippen LogP contribution < -0.4 is 5.73 Å². The molecule has 2 unspecified atom stereocenters. The molecule has 2 aliphatic rings. The fourth-order valence-corrected chi connectivity index (χ4v) is 2.87. The summed E-state index contributed by atoms with van der Waals surface area (Å²) >= 11 is 0. The van der Waals surface area contributed by atoms with Crippen LogP contribution in [0.2, 0.25) is 0 Å². The molecule has 1 aliphatic heterocycles. The fourth-order valence-electron chi connectivity index (χ4n) is 2.87. The van der Waals surface area contributed by atoms with Crippen LogP contribution in [-0.4, -0.2) is 50.4 Å². The standard InChI is InChI=1S/C11H23N2O/c1-13(4-6-14-7-5-13)9-10-2-3-11(12)8-10/h10-11H,2-9,12H2,1H3/q+1. The van der Waals surface area contributed by atoms with Gasteiger partial charge in [0, 0.05) is 12.0 Å². The van der Waals surface area contributed by atoms with Gasteiger partial charge < -0.3 is 15.0 Å². The molecule has 2 rings (SSSR count). The molecule has 0 aromatic heterocycles. The minimum Gasteiger partial charge on any atom is -0.370 e. The third-order valence-corrected chi connectivity index (χ3v) is 3.83. The monoisotopic (exact) mass is 199 g/mol. The molecule has 1 saturated heterocycles. The molecule has 82 valence electrons. The first kappa shape index (κ1) is 10.4. The van der Waals surface area contributed by atoms with Gasteiger partial charge in [0.15, 0.2) is 0 Å². The van der Waals surface area contributed by atoms with E-state index in [4.69, 9.17) is 10.5 Å². The first-order valence-corrected chi connectivity index (χ1v) is 5.85. The van der Waals surface area contributed by atoms with Crippen LogP contribution in [0.25, 0.3) is 0 Å². The largest absolute Gasteiger partial charge is 0.370 e. The van der Waals surface area contributed by atoms with E-state index in [9.17, 15) is 0 Å². The SMILES string of the molecule is C[N+]1(CC2CCC(N)C2)CCOCC1. The third-order valence-electron chi connectivity index (χ3n) is 3.83. The maximum absolute atomic E-state index is 5.94. The fraction of sp³-hybridized carbons (Fsp3) is 1.00. The lowest BCUT2D eigenvalue weighted by molar-refractivity contribution is -0.919. The van der Waals surface area contributed by atoms with Crippen LogP contribution in [0.4, 0.5) is 0 Å². The summed E-state index contributed by atoms with van der Waals surface area (Å²) < 4.78 is 6.62. The highest BCUT2D eigenvalue weighted by Gasteiger charge is 2.32. The number of rotatable bonds is 2. The lowest BCUT2D eigenvalue weighted by Gasteiger charge is -2.39. The van der Waals surface area contributed by atoms with Crippen molar-refractivity contribution in [2.24, 2.45) is 11.7 Å². The molecule has 0 radical (unpaired) electrons. The Labute approximate surface area is 86.8 Å². The van der Waals surface area contributed by atoms with Crippen molar-refractivity contribution in [1.82, 2.24) is 0 Å². The first-order valence-electron chi connectivity index (χ1n) is 5.85. The lowest BCUT2D eigenvalue weighted by Crippen LogP contribution is -2.54. The zero-order valence-corrected chi connectivity index (χ0v) is 9.24. The number of nitrogens with zero attached hydrogens (tertiary/aromatic N) is 1. The highest BCUT2D eigenvalue weighted by atomic mass is 16.5. The summed E-state index contributed by atoms with van der Waals surface area (Å²) in [4.78, 5) is 0. The summed E-state index contributed by atoms with van der Waals surface area (Å²) in [6.07, 6.45) is 3.83. The Balaban J connectivity index is 1.83. The zero-order chi connectivity index (χ0) is 10.0. The summed E-state index contributed by atoms with van der Waals surface area (Å²) in [6.45, 7) is 5.57. The van der Waals surface area contributed by atoms with Crippen LogP contribution in [0.1, 0.15) is 19.3 Å². The van der Waals surface area contributed by atoms with Crippen molar-refractivity contribution in [3.05, 3.63) is 0 Å². The second-order valence-corrected chi connectivity index (χ2v) is 5.30. The molecule has 0 bridgehead atoms. The van der Waals surface area contributed by atoms with Crippen LogP contribution in [0.3, 0.4) is 0 Å². The predicted octanol–water partition coefficient (Wildman–Crippen LogP) is 0.591. The van der Waals surface area contributed by atoms with Crippen molar-refractivity contribution in [3.63, 3.8) is 0 Å². The minimum atomic E-state index is 0.479. The summed E-state index contributed by atoms with van der Waals surface area (Å²) in [6, 6.07) is 0.479. The maximum atomic E-state index is 5.94.